The van der Waals surface area contributed by atoms with E-state index >= 15 is 0 Å². The topological polar surface area (TPSA) is 32.3 Å². The van der Waals surface area contributed by atoms with Gasteiger partial charge in [-0.2, -0.15) is 0 Å². The van der Waals surface area contributed by atoms with Crippen molar-refractivity contribution < 1.29 is 5.11 Å². The van der Waals surface area contributed by atoms with Crippen LogP contribution in [0.1, 0.15) is 26.7 Å². The Labute approximate surface area is 57.3 Å². The number of likely N-dealkylation sites (N-methyl/N-ethyl adjacent to an activating group) is 1. The maximum absolute atomic E-state index is 8.85. The summed E-state index contributed by atoms with van der Waals surface area (Å²) in [6.45, 7) is 4.36. The third-order valence-electron chi connectivity index (χ3n) is 1.75. The molecule has 0 aliphatic heterocycles. The summed E-state index contributed by atoms with van der Waals surface area (Å²) in [4.78, 5) is 0. The monoisotopic (exact) mass is 131 g/mol. The molecule has 2 nitrogen and oxygen atoms in total. The molecule has 0 aromatic rings. The van der Waals surface area contributed by atoms with Crippen LogP contribution < -0.4 is 5.32 Å². The van der Waals surface area contributed by atoms with Gasteiger partial charge < -0.3 is 10.4 Å². The molecule has 0 spiro atoms. The number of hydrogen-bond donors (Lipinski definition) is 2. The standard InChI is InChI=1S/C7H17NO/c1-4-5-7(2,6-9)8-3/h8-9H,4-6H2,1-3H3. The van der Waals surface area contributed by atoms with E-state index < -0.39 is 0 Å². The van der Waals surface area contributed by atoms with Crippen LogP contribution in [0.4, 0.5) is 0 Å². The molecule has 0 rings (SSSR count). The fraction of sp³-hybridized carbons (Fsp3) is 1.00. The van der Waals surface area contributed by atoms with Crippen LogP contribution in [-0.2, 0) is 0 Å². The summed E-state index contributed by atoms with van der Waals surface area (Å²) < 4.78 is 0. The van der Waals surface area contributed by atoms with Crippen LogP contribution in [0.15, 0.2) is 0 Å². The Balaban J connectivity index is 3.62. The molecule has 0 aromatic carbocycles. The van der Waals surface area contributed by atoms with Gasteiger partial charge in [0.25, 0.3) is 0 Å². The number of rotatable bonds is 4. The normalized spacial score (nSPS) is 17.3. The van der Waals surface area contributed by atoms with Crippen molar-refractivity contribution in [1.29, 1.82) is 0 Å². The lowest BCUT2D eigenvalue weighted by molar-refractivity contribution is 0.173. The van der Waals surface area contributed by atoms with E-state index in [1.165, 1.54) is 0 Å². The summed E-state index contributed by atoms with van der Waals surface area (Å²) >= 11 is 0. The molecule has 0 aromatic heterocycles. The largest absolute Gasteiger partial charge is 0.394 e. The van der Waals surface area contributed by atoms with Crippen LogP contribution in [0.5, 0.6) is 0 Å². The van der Waals surface area contributed by atoms with E-state index in [1.54, 1.807) is 0 Å². The highest BCUT2D eigenvalue weighted by atomic mass is 16.3. The molecule has 0 saturated heterocycles. The molecule has 9 heavy (non-hydrogen) atoms. The summed E-state index contributed by atoms with van der Waals surface area (Å²) in [7, 11) is 1.88. The van der Waals surface area contributed by atoms with Crippen LogP contribution in [-0.4, -0.2) is 24.3 Å². The van der Waals surface area contributed by atoms with Crippen LogP contribution >= 0.6 is 0 Å². The van der Waals surface area contributed by atoms with Gasteiger partial charge in [-0.25, -0.2) is 0 Å². The van der Waals surface area contributed by atoms with Crippen LogP contribution in [0.25, 0.3) is 0 Å². The molecule has 0 heterocycles. The highest BCUT2D eigenvalue weighted by molar-refractivity contribution is 4.79. The first-order valence-corrected chi connectivity index (χ1v) is 3.48. The van der Waals surface area contributed by atoms with Crippen molar-refractivity contribution in [3.8, 4) is 0 Å². The molecule has 0 fully saturated rings. The second-order valence-electron chi connectivity index (χ2n) is 2.72. The SMILES string of the molecule is CCCC(C)(CO)NC. The van der Waals surface area contributed by atoms with Gasteiger partial charge in [0.2, 0.25) is 0 Å². The first-order chi connectivity index (χ1) is 4.18. The molecule has 2 heteroatoms. The fourth-order valence-electron chi connectivity index (χ4n) is 0.835. The zero-order chi connectivity index (χ0) is 7.33. The molecule has 1 unspecified atom stereocenters. The summed E-state index contributed by atoms with van der Waals surface area (Å²) in [6.07, 6.45) is 2.14. The minimum atomic E-state index is -0.0608. The molecule has 0 radical (unpaired) electrons. The first kappa shape index (κ1) is 8.92. The van der Waals surface area contributed by atoms with Crippen molar-refractivity contribution in [3.05, 3.63) is 0 Å². The van der Waals surface area contributed by atoms with Crippen molar-refractivity contribution in [2.45, 2.75) is 32.2 Å². The van der Waals surface area contributed by atoms with Crippen molar-refractivity contribution in [2.75, 3.05) is 13.7 Å². The van der Waals surface area contributed by atoms with Gasteiger partial charge in [-0.05, 0) is 20.4 Å². The first-order valence-electron chi connectivity index (χ1n) is 3.48. The van der Waals surface area contributed by atoms with Crippen LogP contribution in [0.2, 0.25) is 0 Å². The van der Waals surface area contributed by atoms with Crippen molar-refractivity contribution in [1.82, 2.24) is 5.32 Å². The van der Waals surface area contributed by atoms with Gasteiger partial charge in [0.05, 0.1) is 6.61 Å². The smallest absolute Gasteiger partial charge is 0.0610 e. The van der Waals surface area contributed by atoms with Gasteiger partial charge in [-0.3, -0.25) is 0 Å². The number of nitrogens with one attached hydrogen (secondary N) is 1. The summed E-state index contributed by atoms with van der Waals surface area (Å²) in [5.74, 6) is 0. The Hall–Kier alpha value is -0.0800. The molecule has 2 N–H and O–H groups in total. The van der Waals surface area contributed by atoms with E-state index in [1.807, 2.05) is 14.0 Å². The Morgan fingerprint density at radius 2 is 2.11 bits per heavy atom. The Morgan fingerprint density at radius 3 is 2.22 bits per heavy atom. The maximum atomic E-state index is 8.85. The Bertz CT molecular complexity index is 69.3. The van der Waals surface area contributed by atoms with E-state index in [0.29, 0.717) is 0 Å². The second kappa shape index (κ2) is 3.85. The number of aliphatic hydroxyl groups excluding tert-OH is 1. The van der Waals surface area contributed by atoms with Gasteiger partial charge in [-0.1, -0.05) is 13.3 Å². The van der Waals surface area contributed by atoms with Crippen molar-refractivity contribution in [2.24, 2.45) is 0 Å². The molecule has 0 saturated carbocycles. The lowest BCUT2D eigenvalue weighted by Crippen LogP contribution is -2.43. The zero-order valence-corrected chi connectivity index (χ0v) is 6.57. The third-order valence-corrected chi connectivity index (χ3v) is 1.75. The van der Waals surface area contributed by atoms with Gasteiger partial charge >= 0.3 is 0 Å². The summed E-state index contributed by atoms with van der Waals surface area (Å²) in [5, 5.41) is 11.9. The van der Waals surface area contributed by atoms with E-state index in [4.69, 9.17) is 5.11 Å². The summed E-state index contributed by atoms with van der Waals surface area (Å²) in [5.41, 5.74) is -0.0608. The van der Waals surface area contributed by atoms with Gasteiger partial charge in [0, 0.05) is 5.54 Å². The highest BCUT2D eigenvalue weighted by Gasteiger charge is 2.18. The van der Waals surface area contributed by atoms with Crippen molar-refractivity contribution in [3.63, 3.8) is 0 Å². The average molecular weight is 131 g/mol. The maximum Gasteiger partial charge on any atom is 0.0610 e. The Kier molecular flexibility index (Phi) is 3.82. The molecular weight excluding hydrogens is 114 g/mol. The molecule has 1 atom stereocenters. The molecule has 56 valence electrons. The minimum absolute atomic E-state index is 0.0608. The third kappa shape index (κ3) is 2.82. The fourth-order valence-corrected chi connectivity index (χ4v) is 0.835. The number of hydrogen-bond acceptors (Lipinski definition) is 2. The molecule has 0 aliphatic rings. The number of aliphatic hydroxyl groups is 1. The van der Waals surface area contributed by atoms with E-state index in [2.05, 4.69) is 12.2 Å². The van der Waals surface area contributed by atoms with Gasteiger partial charge in [0.15, 0.2) is 0 Å². The van der Waals surface area contributed by atoms with Crippen molar-refractivity contribution >= 4 is 0 Å². The van der Waals surface area contributed by atoms with Crippen LogP contribution in [0.3, 0.4) is 0 Å². The molecule has 0 bridgehead atoms. The Morgan fingerprint density at radius 1 is 1.56 bits per heavy atom. The lowest BCUT2D eigenvalue weighted by atomic mass is 9.98. The predicted octanol–water partition coefficient (Wildman–Crippen LogP) is 0.757. The molecule has 0 aliphatic carbocycles. The van der Waals surface area contributed by atoms with Gasteiger partial charge in [0.1, 0.15) is 0 Å². The minimum Gasteiger partial charge on any atom is -0.394 e. The second-order valence-corrected chi connectivity index (χ2v) is 2.72. The quantitative estimate of drug-likeness (QED) is 0.590. The van der Waals surface area contributed by atoms with Gasteiger partial charge in [-0.15, -0.1) is 0 Å². The lowest BCUT2D eigenvalue weighted by Gasteiger charge is -2.25. The highest BCUT2D eigenvalue weighted by Crippen LogP contribution is 2.09. The molecule has 0 amide bonds. The molecular formula is C7H17NO. The average Bonchev–Trinajstić information content (AvgIpc) is 1.89. The van der Waals surface area contributed by atoms with E-state index in [-0.39, 0.29) is 12.1 Å². The summed E-state index contributed by atoms with van der Waals surface area (Å²) in [6, 6.07) is 0. The zero-order valence-electron chi connectivity index (χ0n) is 6.57. The predicted molar refractivity (Wildman–Crippen MR) is 39.5 cm³/mol. The van der Waals surface area contributed by atoms with E-state index in [0.717, 1.165) is 12.8 Å². The van der Waals surface area contributed by atoms with E-state index in [9.17, 15) is 0 Å². The van der Waals surface area contributed by atoms with Crippen LogP contribution in [0, 0.1) is 0 Å².